The smallest absolute Gasteiger partial charge is 0.0952 e. The van der Waals surface area contributed by atoms with E-state index in [-0.39, 0.29) is 12.1 Å². The van der Waals surface area contributed by atoms with E-state index >= 15 is 0 Å². The fourth-order valence-electron chi connectivity index (χ4n) is 1.70. The van der Waals surface area contributed by atoms with Crippen molar-refractivity contribution in [1.82, 2.24) is 9.55 Å². The van der Waals surface area contributed by atoms with Gasteiger partial charge in [0, 0.05) is 23.3 Å². The van der Waals surface area contributed by atoms with Crippen LogP contribution in [0.3, 0.4) is 0 Å². The number of thiophene rings is 1. The predicted molar refractivity (Wildman–Crippen MR) is 63.0 cm³/mol. The first-order valence-electron chi connectivity index (χ1n) is 5.09. The van der Waals surface area contributed by atoms with Crippen molar-refractivity contribution in [1.29, 1.82) is 0 Å². The molecule has 0 spiro atoms. The van der Waals surface area contributed by atoms with Crippen molar-refractivity contribution in [3.8, 4) is 0 Å². The van der Waals surface area contributed by atoms with Crippen molar-refractivity contribution >= 4 is 11.3 Å². The maximum absolute atomic E-state index is 6.16. The number of nitrogens with two attached hydrogens (primary N) is 1. The minimum absolute atomic E-state index is 0.137. The normalized spacial score (nSPS) is 15.1. The third-order valence-corrected chi connectivity index (χ3v) is 3.50. The van der Waals surface area contributed by atoms with Crippen molar-refractivity contribution < 1.29 is 0 Å². The Kier molecular flexibility index (Phi) is 3.18. The van der Waals surface area contributed by atoms with E-state index in [1.54, 1.807) is 17.5 Å². The Morgan fingerprint density at radius 3 is 3.00 bits per heavy atom. The molecule has 3 nitrogen and oxygen atoms in total. The van der Waals surface area contributed by atoms with Gasteiger partial charge in [-0.05, 0) is 17.9 Å². The summed E-state index contributed by atoms with van der Waals surface area (Å²) in [6.07, 6.45) is 6.56. The lowest BCUT2D eigenvalue weighted by Gasteiger charge is -2.23. The second kappa shape index (κ2) is 4.59. The van der Waals surface area contributed by atoms with E-state index in [4.69, 9.17) is 5.73 Å². The van der Waals surface area contributed by atoms with Gasteiger partial charge < -0.3 is 10.3 Å². The fourth-order valence-corrected chi connectivity index (χ4v) is 2.60. The maximum atomic E-state index is 6.16. The minimum atomic E-state index is 0.137. The van der Waals surface area contributed by atoms with Crippen molar-refractivity contribution in [2.24, 2.45) is 5.73 Å². The summed E-state index contributed by atoms with van der Waals surface area (Å²) in [5.41, 5.74) is 6.16. The van der Waals surface area contributed by atoms with Gasteiger partial charge in [0.1, 0.15) is 0 Å². The van der Waals surface area contributed by atoms with E-state index in [0.29, 0.717) is 0 Å². The van der Waals surface area contributed by atoms with Crippen molar-refractivity contribution in [3.05, 3.63) is 41.1 Å². The molecule has 2 atom stereocenters. The third-order valence-electron chi connectivity index (χ3n) is 2.56. The van der Waals surface area contributed by atoms with Crippen LogP contribution in [-0.4, -0.2) is 15.6 Å². The van der Waals surface area contributed by atoms with Gasteiger partial charge in [0.15, 0.2) is 0 Å². The zero-order valence-corrected chi connectivity index (χ0v) is 9.52. The molecule has 0 bridgehead atoms. The van der Waals surface area contributed by atoms with Gasteiger partial charge >= 0.3 is 0 Å². The van der Waals surface area contributed by atoms with Gasteiger partial charge in [-0.1, -0.05) is 13.0 Å². The van der Waals surface area contributed by atoms with Gasteiger partial charge in [-0.25, -0.2) is 4.98 Å². The first kappa shape index (κ1) is 10.4. The second-order valence-electron chi connectivity index (χ2n) is 3.54. The molecule has 80 valence electrons. The molecular formula is C11H15N3S. The average Bonchev–Trinajstić information content (AvgIpc) is 2.90. The maximum Gasteiger partial charge on any atom is 0.0952 e. The lowest BCUT2D eigenvalue weighted by molar-refractivity contribution is 0.464. The molecule has 0 saturated carbocycles. The largest absolute Gasteiger partial charge is 0.328 e. The molecule has 15 heavy (non-hydrogen) atoms. The molecule has 0 aliphatic carbocycles. The van der Waals surface area contributed by atoms with Crippen LogP contribution in [0.1, 0.15) is 24.3 Å². The van der Waals surface area contributed by atoms with Crippen LogP contribution in [-0.2, 0) is 0 Å². The molecule has 2 aromatic heterocycles. The van der Waals surface area contributed by atoms with Crippen LogP contribution in [0.25, 0.3) is 0 Å². The highest BCUT2D eigenvalue weighted by molar-refractivity contribution is 7.10. The number of aromatic nitrogens is 2. The second-order valence-corrected chi connectivity index (χ2v) is 4.52. The lowest BCUT2D eigenvalue weighted by atomic mass is 10.1. The van der Waals surface area contributed by atoms with Gasteiger partial charge in [-0.3, -0.25) is 0 Å². The number of hydrogen-bond acceptors (Lipinski definition) is 3. The van der Waals surface area contributed by atoms with Crippen molar-refractivity contribution in [2.75, 3.05) is 0 Å². The molecule has 0 amide bonds. The Labute approximate surface area is 93.6 Å². The monoisotopic (exact) mass is 221 g/mol. The Morgan fingerprint density at radius 1 is 1.60 bits per heavy atom. The molecule has 0 saturated heterocycles. The summed E-state index contributed by atoms with van der Waals surface area (Å²) in [6.45, 7) is 2.11. The van der Waals surface area contributed by atoms with E-state index in [9.17, 15) is 0 Å². The Morgan fingerprint density at radius 2 is 2.47 bits per heavy atom. The van der Waals surface area contributed by atoms with Crippen LogP contribution in [0.15, 0.2) is 36.2 Å². The summed E-state index contributed by atoms with van der Waals surface area (Å²) in [4.78, 5) is 5.38. The Hall–Kier alpha value is -1.13. The van der Waals surface area contributed by atoms with Gasteiger partial charge in [-0.2, -0.15) is 0 Å². The number of hydrogen-bond donors (Lipinski definition) is 1. The van der Waals surface area contributed by atoms with Crippen LogP contribution in [0.2, 0.25) is 0 Å². The fraction of sp³-hybridized carbons (Fsp3) is 0.364. The molecule has 2 aromatic rings. The molecular weight excluding hydrogens is 206 g/mol. The van der Waals surface area contributed by atoms with Crippen molar-refractivity contribution in [2.45, 2.75) is 25.4 Å². The summed E-state index contributed by atoms with van der Waals surface area (Å²) in [5, 5.41) is 2.08. The van der Waals surface area contributed by atoms with Gasteiger partial charge in [-0.15, -0.1) is 11.3 Å². The van der Waals surface area contributed by atoms with E-state index in [2.05, 4.69) is 34.0 Å². The molecule has 2 rings (SSSR count). The molecule has 4 heteroatoms. The molecule has 0 radical (unpaired) electrons. The molecule has 2 heterocycles. The van der Waals surface area contributed by atoms with Crippen LogP contribution in [0.5, 0.6) is 0 Å². The first-order chi connectivity index (χ1) is 7.33. The lowest BCUT2D eigenvalue weighted by Crippen LogP contribution is -2.31. The molecule has 0 fully saturated rings. The van der Waals surface area contributed by atoms with Crippen molar-refractivity contribution in [3.63, 3.8) is 0 Å². The quantitative estimate of drug-likeness (QED) is 0.860. The molecule has 2 unspecified atom stereocenters. The highest BCUT2D eigenvalue weighted by Gasteiger charge is 2.20. The van der Waals surface area contributed by atoms with Gasteiger partial charge in [0.25, 0.3) is 0 Å². The van der Waals surface area contributed by atoms with E-state index in [1.165, 1.54) is 4.88 Å². The minimum Gasteiger partial charge on any atom is -0.328 e. The van der Waals surface area contributed by atoms with Crippen LogP contribution in [0, 0.1) is 0 Å². The SMILES string of the molecule is CCC(N)C(c1cccs1)n1ccnc1. The standard InChI is InChI=1S/C11H15N3S/c1-2-9(12)11(10-4-3-7-15-10)14-6-5-13-8-14/h3-9,11H,2,12H2,1H3. The topological polar surface area (TPSA) is 43.8 Å². The van der Waals surface area contributed by atoms with Crippen LogP contribution >= 0.6 is 11.3 Å². The van der Waals surface area contributed by atoms with Gasteiger partial charge in [0.05, 0.1) is 12.4 Å². The molecule has 0 aliphatic heterocycles. The number of rotatable bonds is 4. The van der Waals surface area contributed by atoms with E-state index in [0.717, 1.165) is 6.42 Å². The zero-order valence-electron chi connectivity index (χ0n) is 8.71. The highest BCUT2D eigenvalue weighted by Crippen LogP contribution is 2.26. The summed E-state index contributed by atoms with van der Waals surface area (Å²) in [7, 11) is 0. The summed E-state index contributed by atoms with van der Waals surface area (Å²) < 4.78 is 2.08. The number of nitrogens with zero attached hydrogens (tertiary/aromatic N) is 2. The van der Waals surface area contributed by atoms with Crippen LogP contribution < -0.4 is 5.73 Å². The third kappa shape index (κ3) is 2.11. The zero-order chi connectivity index (χ0) is 10.7. The summed E-state index contributed by atoms with van der Waals surface area (Å²) in [5.74, 6) is 0. The summed E-state index contributed by atoms with van der Waals surface area (Å²) >= 11 is 1.74. The van der Waals surface area contributed by atoms with E-state index in [1.807, 2.05) is 12.5 Å². The van der Waals surface area contributed by atoms with Gasteiger partial charge in [0.2, 0.25) is 0 Å². The van der Waals surface area contributed by atoms with E-state index < -0.39 is 0 Å². The highest BCUT2D eigenvalue weighted by atomic mass is 32.1. The molecule has 2 N–H and O–H groups in total. The number of imidazole rings is 1. The Bertz CT molecular complexity index is 346. The Balaban J connectivity index is 2.33. The molecule has 0 aliphatic rings. The summed E-state index contributed by atoms with van der Waals surface area (Å²) in [6, 6.07) is 4.55. The average molecular weight is 221 g/mol. The first-order valence-corrected chi connectivity index (χ1v) is 5.97. The predicted octanol–water partition coefficient (Wildman–Crippen LogP) is 2.27. The van der Waals surface area contributed by atoms with Crippen LogP contribution in [0.4, 0.5) is 0 Å². The molecule has 0 aromatic carbocycles.